The van der Waals surface area contributed by atoms with Crippen molar-refractivity contribution in [3.63, 3.8) is 0 Å². The van der Waals surface area contributed by atoms with Crippen LogP contribution >= 0.6 is 11.6 Å². The summed E-state index contributed by atoms with van der Waals surface area (Å²) in [5, 5.41) is 13.8. The first kappa shape index (κ1) is 18.8. The zero-order valence-corrected chi connectivity index (χ0v) is 15.0. The molecule has 0 spiro atoms. The van der Waals surface area contributed by atoms with Gasteiger partial charge in [-0.1, -0.05) is 11.6 Å². The minimum absolute atomic E-state index is 0.0371. The van der Waals surface area contributed by atoms with E-state index in [-0.39, 0.29) is 18.2 Å². The Morgan fingerprint density at radius 1 is 1.22 bits per heavy atom. The molecule has 1 aliphatic rings. The van der Waals surface area contributed by atoms with Crippen LogP contribution in [-0.4, -0.2) is 37.2 Å². The third kappa shape index (κ3) is 5.01. The lowest BCUT2D eigenvalue weighted by Crippen LogP contribution is -2.30. The number of nitrogens with one attached hydrogen (secondary N) is 1. The average Bonchev–Trinajstić information content (AvgIpc) is 2.67. The minimum atomic E-state index is -0.499. The quantitative estimate of drug-likeness (QED) is 0.574. The number of nitrogens with zero attached hydrogens (tertiary/aromatic N) is 1. The number of hydrogen-bond acceptors (Lipinski definition) is 6. The maximum Gasteiger partial charge on any atom is 0.269 e. The van der Waals surface area contributed by atoms with E-state index in [2.05, 4.69) is 5.32 Å². The predicted molar refractivity (Wildman–Crippen MR) is 97.7 cm³/mol. The fourth-order valence-electron chi connectivity index (χ4n) is 2.52. The van der Waals surface area contributed by atoms with Gasteiger partial charge in [0.05, 0.1) is 9.95 Å². The standard InChI is InChI=1S/C18H17ClN2O6/c19-15-9-12(10-16-18(15)26-8-7-25-16)5-6-20-17(22)11-27-14-3-1-13(2-4-14)21(23)24/h1-4,9-10H,5-8,11H2,(H,20,22). The van der Waals surface area contributed by atoms with Crippen LogP contribution in [0.3, 0.4) is 0 Å². The Balaban J connectivity index is 1.44. The summed E-state index contributed by atoms with van der Waals surface area (Å²) in [4.78, 5) is 22.0. The van der Waals surface area contributed by atoms with E-state index in [4.69, 9.17) is 25.8 Å². The van der Waals surface area contributed by atoms with E-state index in [1.807, 2.05) is 6.07 Å². The minimum Gasteiger partial charge on any atom is -0.486 e. The zero-order chi connectivity index (χ0) is 19.2. The summed E-state index contributed by atoms with van der Waals surface area (Å²) in [6.45, 7) is 1.17. The molecule has 0 fully saturated rings. The Morgan fingerprint density at radius 3 is 2.70 bits per heavy atom. The van der Waals surface area contributed by atoms with Crippen molar-refractivity contribution < 1.29 is 23.9 Å². The summed E-state index contributed by atoms with van der Waals surface area (Å²) >= 11 is 6.18. The van der Waals surface area contributed by atoms with Gasteiger partial charge in [0.2, 0.25) is 0 Å². The van der Waals surface area contributed by atoms with Gasteiger partial charge in [0.1, 0.15) is 19.0 Å². The second kappa shape index (κ2) is 8.59. The van der Waals surface area contributed by atoms with Crippen LogP contribution in [0.1, 0.15) is 5.56 Å². The first-order valence-corrected chi connectivity index (χ1v) is 8.62. The topological polar surface area (TPSA) is 99.9 Å². The molecule has 27 heavy (non-hydrogen) atoms. The molecule has 1 aliphatic heterocycles. The number of amides is 1. The van der Waals surface area contributed by atoms with Crippen molar-refractivity contribution in [2.45, 2.75) is 6.42 Å². The van der Waals surface area contributed by atoms with Gasteiger partial charge < -0.3 is 19.5 Å². The smallest absolute Gasteiger partial charge is 0.269 e. The lowest BCUT2D eigenvalue weighted by atomic mass is 10.1. The van der Waals surface area contributed by atoms with Gasteiger partial charge in [-0.25, -0.2) is 0 Å². The van der Waals surface area contributed by atoms with Gasteiger partial charge in [0.15, 0.2) is 18.1 Å². The van der Waals surface area contributed by atoms with Gasteiger partial charge >= 0.3 is 0 Å². The van der Waals surface area contributed by atoms with Gasteiger partial charge in [-0.2, -0.15) is 0 Å². The van der Waals surface area contributed by atoms with Crippen molar-refractivity contribution in [2.75, 3.05) is 26.4 Å². The van der Waals surface area contributed by atoms with Crippen LogP contribution < -0.4 is 19.5 Å². The third-order valence-corrected chi connectivity index (χ3v) is 4.09. The van der Waals surface area contributed by atoms with E-state index in [1.54, 1.807) is 6.07 Å². The van der Waals surface area contributed by atoms with Crippen molar-refractivity contribution in [1.29, 1.82) is 0 Å². The fourth-order valence-corrected chi connectivity index (χ4v) is 2.81. The molecule has 0 aromatic heterocycles. The summed E-state index contributed by atoms with van der Waals surface area (Å²) < 4.78 is 16.3. The largest absolute Gasteiger partial charge is 0.486 e. The molecule has 0 unspecified atom stereocenters. The number of nitro benzene ring substituents is 1. The van der Waals surface area contributed by atoms with Crippen molar-refractivity contribution >= 4 is 23.2 Å². The van der Waals surface area contributed by atoms with E-state index in [9.17, 15) is 14.9 Å². The van der Waals surface area contributed by atoms with Gasteiger partial charge in [0, 0.05) is 18.7 Å². The molecular weight excluding hydrogens is 376 g/mol. The van der Waals surface area contributed by atoms with Crippen molar-refractivity contribution in [3.8, 4) is 17.2 Å². The molecule has 0 saturated carbocycles. The first-order valence-electron chi connectivity index (χ1n) is 8.25. The number of rotatable bonds is 7. The molecule has 0 bridgehead atoms. The highest BCUT2D eigenvalue weighted by Crippen LogP contribution is 2.38. The molecule has 1 N–H and O–H groups in total. The lowest BCUT2D eigenvalue weighted by molar-refractivity contribution is -0.384. The molecule has 0 saturated heterocycles. The maximum atomic E-state index is 11.9. The van der Waals surface area contributed by atoms with Gasteiger partial charge in [-0.3, -0.25) is 14.9 Å². The lowest BCUT2D eigenvalue weighted by Gasteiger charge is -2.20. The Hall–Kier alpha value is -3.00. The Labute approximate surface area is 160 Å². The molecule has 9 heteroatoms. The molecule has 0 radical (unpaired) electrons. The van der Waals surface area contributed by atoms with Crippen molar-refractivity contribution in [2.24, 2.45) is 0 Å². The third-order valence-electron chi connectivity index (χ3n) is 3.81. The number of nitro groups is 1. The van der Waals surface area contributed by atoms with E-state index in [0.717, 1.165) is 5.56 Å². The van der Waals surface area contributed by atoms with E-state index in [0.29, 0.717) is 48.5 Å². The predicted octanol–water partition coefficient (Wildman–Crippen LogP) is 2.76. The number of carbonyl (C=O) groups excluding carboxylic acids is 1. The SMILES string of the molecule is O=C(COc1ccc([N+](=O)[O-])cc1)NCCc1cc(Cl)c2c(c1)OCCO2. The van der Waals surface area contributed by atoms with Crippen LogP contribution in [0.5, 0.6) is 17.2 Å². The molecule has 2 aromatic carbocycles. The number of non-ortho nitro benzene ring substituents is 1. The molecule has 8 nitrogen and oxygen atoms in total. The highest BCUT2D eigenvalue weighted by atomic mass is 35.5. The highest BCUT2D eigenvalue weighted by Gasteiger charge is 2.16. The van der Waals surface area contributed by atoms with Gasteiger partial charge in [-0.15, -0.1) is 0 Å². The number of fused-ring (bicyclic) bond motifs is 1. The Kier molecular flexibility index (Phi) is 5.97. The van der Waals surface area contributed by atoms with Crippen LogP contribution in [0.2, 0.25) is 5.02 Å². The maximum absolute atomic E-state index is 11.9. The molecule has 142 valence electrons. The summed E-state index contributed by atoms with van der Waals surface area (Å²) in [7, 11) is 0. The molecule has 0 atom stereocenters. The molecular formula is C18H17ClN2O6. The Morgan fingerprint density at radius 2 is 1.96 bits per heavy atom. The van der Waals surface area contributed by atoms with E-state index >= 15 is 0 Å². The van der Waals surface area contributed by atoms with E-state index < -0.39 is 4.92 Å². The van der Waals surface area contributed by atoms with Crippen molar-refractivity contribution in [1.82, 2.24) is 5.32 Å². The molecule has 1 heterocycles. The van der Waals surface area contributed by atoms with Crippen LogP contribution in [0.25, 0.3) is 0 Å². The number of ether oxygens (including phenoxy) is 3. The molecule has 3 rings (SSSR count). The molecule has 2 aromatic rings. The van der Waals surface area contributed by atoms with Gasteiger partial charge in [0.25, 0.3) is 11.6 Å². The number of hydrogen-bond donors (Lipinski definition) is 1. The van der Waals surface area contributed by atoms with Crippen LogP contribution in [0.15, 0.2) is 36.4 Å². The summed E-state index contributed by atoms with van der Waals surface area (Å²) in [5.41, 5.74) is 0.880. The zero-order valence-electron chi connectivity index (χ0n) is 14.3. The number of halogens is 1. The highest BCUT2D eigenvalue weighted by molar-refractivity contribution is 6.32. The first-order chi connectivity index (χ1) is 13.0. The fraction of sp³-hybridized carbons (Fsp3) is 0.278. The summed E-state index contributed by atoms with van der Waals surface area (Å²) in [5.74, 6) is 1.25. The van der Waals surface area contributed by atoms with Gasteiger partial charge in [-0.05, 0) is 36.2 Å². The molecule has 0 aliphatic carbocycles. The summed E-state index contributed by atoms with van der Waals surface area (Å²) in [6.07, 6.45) is 0.569. The van der Waals surface area contributed by atoms with Crippen LogP contribution in [-0.2, 0) is 11.2 Å². The van der Waals surface area contributed by atoms with E-state index in [1.165, 1.54) is 24.3 Å². The summed E-state index contributed by atoms with van der Waals surface area (Å²) in [6, 6.07) is 9.16. The monoisotopic (exact) mass is 392 g/mol. The van der Waals surface area contributed by atoms with Crippen molar-refractivity contribution in [3.05, 3.63) is 57.1 Å². The average molecular weight is 393 g/mol. The molecule has 1 amide bonds. The second-order valence-corrected chi connectivity index (χ2v) is 6.15. The Bertz CT molecular complexity index is 840. The second-order valence-electron chi connectivity index (χ2n) is 5.74. The normalized spacial score (nSPS) is 12.3. The number of benzene rings is 2. The number of carbonyl (C=O) groups is 1. The van der Waals surface area contributed by atoms with Crippen LogP contribution in [0, 0.1) is 10.1 Å². The van der Waals surface area contributed by atoms with Crippen LogP contribution in [0.4, 0.5) is 5.69 Å².